The molecule has 0 atom stereocenters. The summed E-state index contributed by atoms with van der Waals surface area (Å²) in [5.41, 5.74) is 1.17. The topological polar surface area (TPSA) is 55.1 Å². The van der Waals surface area contributed by atoms with Crippen molar-refractivity contribution in [2.45, 2.75) is 44.6 Å². The molecule has 17 heavy (non-hydrogen) atoms. The van der Waals surface area contributed by atoms with Crippen LogP contribution in [0.25, 0.3) is 0 Å². The third-order valence-electron chi connectivity index (χ3n) is 3.50. The van der Waals surface area contributed by atoms with Gasteiger partial charge in [-0.25, -0.2) is 0 Å². The molecule has 0 radical (unpaired) electrons. The molecular formula is C12H17BrN2O2. The fraction of sp³-hybridized carbons (Fsp3) is 0.667. The first-order valence-corrected chi connectivity index (χ1v) is 6.63. The van der Waals surface area contributed by atoms with E-state index in [1.165, 1.54) is 0 Å². The first-order valence-electron chi connectivity index (χ1n) is 5.83. The lowest BCUT2D eigenvalue weighted by Crippen LogP contribution is -2.37. The molecule has 0 unspecified atom stereocenters. The van der Waals surface area contributed by atoms with Gasteiger partial charge in [0, 0.05) is 26.3 Å². The molecule has 0 amide bonds. The number of carbonyl (C=O) groups is 1. The molecule has 0 aromatic carbocycles. The number of aliphatic hydroxyl groups is 1. The van der Waals surface area contributed by atoms with Crippen LogP contribution in [0.15, 0.2) is 4.47 Å². The number of carbonyl (C=O) groups excluding carboxylic acids is 1. The van der Waals surface area contributed by atoms with Crippen molar-refractivity contribution in [3.8, 4) is 0 Å². The van der Waals surface area contributed by atoms with Crippen molar-refractivity contribution in [1.29, 1.82) is 0 Å². The van der Waals surface area contributed by atoms with Gasteiger partial charge >= 0.3 is 0 Å². The van der Waals surface area contributed by atoms with Crippen LogP contribution >= 0.6 is 15.9 Å². The number of aryl methyl sites for hydroxylation is 2. The normalized spacial score (nSPS) is 19.6. The predicted molar refractivity (Wildman–Crippen MR) is 67.8 cm³/mol. The highest BCUT2D eigenvalue weighted by molar-refractivity contribution is 9.10. The Morgan fingerprint density at radius 1 is 1.47 bits per heavy atom. The second kappa shape index (κ2) is 4.53. The van der Waals surface area contributed by atoms with Crippen LogP contribution in [-0.4, -0.2) is 26.3 Å². The number of rotatable bonds is 2. The standard InChI is InChI=1S/C12H17BrN2O2/c1-8-11(13)10(15(2)14-8)7-12(17)5-3-9(16)4-6-12/h17H,3-7H2,1-2H3. The van der Waals surface area contributed by atoms with Gasteiger partial charge in [0.2, 0.25) is 0 Å². The van der Waals surface area contributed by atoms with Gasteiger partial charge in [-0.05, 0) is 35.7 Å². The number of halogens is 1. The Bertz CT molecular complexity index is 444. The van der Waals surface area contributed by atoms with E-state index < -0.39 is 5.60 Å². The second-order valence-corrected chi connectivity index (χ2v) is 5.70. The van der Waals surface area contributed by atoms with Gasteiger partial charge in [0.15, 0.2) is 0 Å². The van der Waals surface area contributed by atoms with E-state index in [4.69, 9.17) is 0 Å². The smallest absolute Gasteiger partial charge is 0.133 e. The molecule has 1 fully saturated rings. The van der Waals surface area contributed by atoms with Crippen molar-refractivity contribution < 1.29 is 9.90 Å². The van der Waals surface area contributed by atoms with E-state index >= 15 is 0 Å². The van der Waals surface area contributed by atoms with Crippen molar-refractivity contribution in [1.82, 2.24) is 9.78 Å². The molecule has 1 saturated carbocycles. The van der Waals surface area contributed by atoms with Crippen LogP contribution < -0.4 is 0 Å². The highest BCUT2D eigenvalue weighted by Crippen LogP contribution is 2.32. The van der Waals surface area contributed by atoms with Crippen molar-refractivity contribution >= 4 is 21.7 Å². The van der Waals surface area contributed by atoms with Crippen LogP contribution in [0.3, 0.4) is 0 Å². The number of Topliss-reactive ketones (excluding diaryl/α,β-unsaturated/α-hetero) is 1. The Morgan fingerprint density at radius 3 is 2.53 bits per heavy atom. The quantitative estimate of drug-likeness (QED) is 0.908. The average Bonchev–Trinajstić information content (AvgIpc) is 2.50. The Balaban J connectivity index is 2.17. The highest BCUT2D eigenvalue weighted by Gasteiger charge is 2.34. The predicted octanol–water partition coefficient (Wildman–Crippen LogP) is 1.91. The maximum Gasteiger partial charge on any atom is 0.133 e. The summed E-state index contributed by atoms with van der Waals surface area (Å²) < 4.78 is 2.76. The van der Waals surface area contributed by atoms with Crippen LogP contribution in [0, 0.1) is 6.92 Å². The third-order valence-corrected chi connectivity index (χ3v) is 4.53. The van der Waals surface area contributed by atoms with E-state index in [9.17, 15) is 9.90 Å². The van der Waals surface area contributed by atoms with Gasteiger partial charge < -0.3 is 5.11 Å². The minimum absolute atomic E-state index is 0.259. The molecular weight excluding hydrogens is 284 g/mol. The number of hydrogen-bond donors (Lipinski definition) is 1. The number of aromatic nitrogens is 2. The van der Waals surface area contributed by atoms with Crippen LogP contribution in [0.1, 0.15) is 37.1 Å². The first-order chi connectivity index (χ1) is 7.91. The maximum absolute atomic E-state index is 11.2. The molecule has 2 rings (SSSR count). The largest absolute Gasteiger partial charge is 0.389 e. The third kappa shape index (κ3) is 2.60. The van der Waals surface area contributed by atoms with Crippen molar-refractivity contribution in [3.63, 3.8) is 0 Å². The van der Waals surface area contributed by atoms with E-state index in [0.717, 1.165) is 15.9 Å². The molecule has 5 heteroatoms. The minimum atomic E-state index is -0.753. The lowest BCUT2D eigenvalue weighted by Gasteiger charge is -2.31. The van der Waals surface area contributed by atoms with Crippen molar-refractivity contribution in [2.24, 2.45) is 7.05 Å². The lowest BCUT2D eigenvalue weighted by molar-refractivity contribution is -0.125. The molecule has 4 nitrogen and oxygen atoms in total. The molecule has 0 bridgehead atoms. The van der Waals surface area contributed by atoms with E-state index in [0.29, 0.717) is 32.1 Å². The summed E-state index contributed by atoms with van der Waals surface area (Å²) in [7, 11) is 1.88. The summed E-state index contributed by atoms with van der Waals surface area (Å²) >= 11 is 3.50. The summed E-state index contributed by atoms with van der Waals surface area (Å²) in [5, 5.41) is 14.8. The Morgan fingerprint density at radius 2 is 2.06 bits per heavy atom. The number of ketones is 1. The van der Waals surface area contributed by atoms with Crippen LogP contribution in [0.2, 0.25) is 0 Å². The van der Waals surface area contributed by atoms with Gasteiger partial charge in [-0.2, -0.15) is 5.10 Å². The summed E-state index contributed by atoms with van der Waals surface area (Å²) in [6, 6.07) is 0. The molecule has 1 aromatic rings. The zero-order valence-electron chi connectivity index (χ0n) is 10.2. The fourth-order valence-electron chi connectivity index (χ4n) is 2.35. The number of hydrogen-bond acceptors (Lipinski definition) is 3. The molecule has 1 aliphatic rings. The maximum atomic E-state index is 11.2. The fourth-order valence-corrected chi connectivity index (χ4v) is 2.83. The van der Waals surface area contributed by atoms with Gasteiger partial charge in [-0.3, -0.25) is 9.48 Å². The van der Waals surface area contributed by atoms with Gasteiger partial charge in [-0.1, -0.05) is 0 Å². The van der Waals surface area contributed by atoms with Crippen LogP contribution in [0.4, 0.5) is 0 Å². The average molecular weight is 301 g/mol. The molecule has 0 spiro atoms. The SMILES string of the molecule is Cc1nn(C)c(CC2(O)CCC(=O)CC2)c1Br. The van der Waals surface area contributed by atoms with Gasteiger partial charge in [-0.15, -0.1) is 0 Å². The lowest BCUT2D eigenvalue weighted by atomic mass is 9.81. The minimum Gasteiger partial charge on any atom is -0.389 e. The van der Waals surface area contributed by atoms with Gasteiger partial charge in [0.05, 0.1) is 21.5 Å². The Hall–Kier alpha value is -0.680. The molecule has 1 aromatic heterocycles. The van der Waals surface area contributed by atoms with Gasteiger partial charge in [0.25, 0.3) is 0 Å². The van der Waals surface area contributed by atoms with E-state index in [2.05, 4.69) is 21.0 Å². The summed E-state index contributed by atoms with van der Waals surface area (Å²) in [4.78, 5) is 11.2. The molecule has 1 aliphatic carbocycles. The molecule has 0 saturated heterocycles. The molecule has 94 valence electrons. The molecule has 1 heterocycles. The Kier molecular flexibility index (Phi) is 3.41. The summed E-state index contributed by atoms with van der Waals surface area (Å²) in [6.45, 7) is 1.93. The van der Waals surface area contributed by atoms with Crippen LogP contribution in [0.5, 0.6) is 0 Å². The second-order valence-electron chi connectivity index (χ2n) is 4.91. The number of nitrogens with zero attached hydrogens (tertiary/aromatic N) is 2. The van der Waals surface area contributed by atoms with Crippen molar-refractivity contribution in [2.75, 3.05) is 0 Å². The van der Waals surface area contributed by atoms with E-state index in [1.54, 1.807) is 4.68 Å². The summed E-state index contributed by atoms with van der Waals surface area (Å²) in [5.74, 6) is 0.259. The van der Waals surface area contributed by atoms with Gasteiger partial charge in [0.1, 0.15) is 5.78 Å². The highest BCUT2D eigenvalue weighted by atomic mass is 79.9. The molecule has 0 aliphatic heterocycles. The molecule has 1 N–H and O–H groups in total. The van der Waals surface area contributed by atoms with Crippen molar-refractivity contribution in [3.05, 3.63) is 15.9 Å². The Labute approximate surface area is 109 Å². The first kappa shape index (κ1) is 12.8. The van der Waals surface area contributed by atoms with E-state index in [1.807, 2.05) is 14.0 Å². The monoisotopic (exact) mass is 300 g/mol. The van der Waals surface area contributed by atoms with Crippen LogP contribution in [-0.2, 0) is 18.3 Å². The van der Waals surface area contributed by atoms with E-state index in [-0.39, 0.29) is 5.78 Å². The summed E-state index contributed by atoms with van der Waals surface area (Å²) in [6.07, 6.45) is 2.65. The zero-order chi connectivity index (χ0) is 12.6. The zero-order valence-corrected chi connectivity index (χ0v) is 11.7.